The Bertz CT molecular complexity index is 1230. The van der Waals surface area contributed by atoms with Crippen molar-refractivity contribution in [1.29, 1.82) is 0 Å². The molecule has 1 aliphatic rings. The minimum Gasteiger partial charge on any atom is -0.507 e. The maximum absolute atomic E-state index is 13.2. The lowest BCUT2D eigenvalue weighted by atomic mass is 10.0. The third kappa shape index (κ3) is 4.05. The number of amides is 3. The third-order valence-corrected chi connectivity index (χ3v) is 5.76. The molecule has 4 rings (SSSR count). The van der Waals surface area contributed by atoms with Gasteiger partial charge in [-0.15, -0.1) is 0 Å². The highest BCUT2D eigenvalue weighted by atomic mass is 16.5. The van der Waals surface area contributed by atoms with Crippen molar-refractivity contribution in [2.75, 3.05) is 14.2 Å². The molecule has 0 spiro atoms. The van der Waals surface area contributed by atoms with Crippen molar-refractivity contribution in [2.45, 2.75) is 20.0 Å². The Morgan fingerprint density at radius 3 is 2.24 bits per heavy atom. The summed E-state index contributed by atoms with van der Waals surface area (Å²) in [7, 11) is 3.21. The van der Waals surface area contributed by atoms with Gasteiger partial charge in [-0.1, -0.05) is 36.4 Å². The van der Waals surface area contributed by atoms with Gasteiger partial charge >= 0.3 is 0 Å². The molecule has 3 aromatic carbocycles. The maximum atomic E-state index is 13.2. The van der Waals surface area contributed by atoms with Crippen LogP contribution in [0, 0.1) is 6.92 Å². The van der Waals surface area contributed by atoms with Crippen molar-refractivity contribution in [2.24, 2.45) is 0 Å². The molecule has 7 nitrogen and oxygen atoms in total. The molecule has 0 bridgehead atoms. The number of fused-ring (bicyclic) bond motifs is 1. The number of rotatable bonds is 6. The molecular weight excluding hydrogens is 420 g/mol. The summed E-state index contributed by atoms with van der Waals surface area (Å²) in [5, 5.41) is 10.6. The lowest BCUT2D eigenvalue weighted by Crippen LogP contribution is -2.30. The van der Waals surface area contributed by atoms with Gasteiger partial charge in [-0.3, -0.25) is 19.3 Å². The number of phenols is 1. The Morgan fingerprint density at radius 1 is 1.00 bits per heavy atom. The van der Waals surface area contributed by atoms with Crippen LogP contribution in [0.25, 0.3) is 0 Å². The number of nitrogens with zero attached hydrogens (tertiary/aromatic N) is 2. The van der Waals surface area contributed by atoms with Gasteiger partial charge in [-0.25, -0.2) is 0 Å². The fourth-order valence-electron chi connectivity index (χ4n) is 4.04. The standard InChI is InChI=1S/C26H24N2O5/c1-16-12-17(14-28-25(31)19-9-5-6-10-20(19)26(28)32)13-21(23(16)29)24(30)27(2)15-18-8-4-7-11-22(18)33-3/h4-13,29H,14-15H2,1-3H3. The number of aromatic hydroxyl groups is 1. The van der Waals surface area contributed by atoms with Crippen LogP contribution in [0.5, 0.6) is 11.5 Å². The predicted molar refractivity (Wildman–Crippen MR) is 122 cm³/mol. The molecule has 1 aliphatic heterocycles. The van der Waals surface area contributed by atoms with E-state index in [0.29, 0.717) is 28.0 Å². The van der Waals surface area contributed by atoms with E-state index >= 15 is 0 Å². The molecule has 0 saturated carbocycles. The molecule has 0 aromatic heterocycles. The summed E-state index contributed by atoms with van der Waals surface area (Å²) < 4.78 is 5.36. The number of carbonyl (C=O) groups excluding carboxylic acids is 3. The second-order valence-corrected chi connectivity index (χ2v) is 8.02. The fourth-order valence-corrected chi connectivity index (χ4v) is 4.04. The molecule has 1 heterocycles. The summed E-state index contributed by atoms with van der Waals surface area (Å²) in [6, 6.07) is 17.3. The Hall–Kier alpha value is -4.13. The monoisotopic (exact) mass is 444 g/mol. The number of methoxy groups -OCH3 is 1. The molecule has 0 saturated heterocycles. The van der Waals surface area contributed by atoms with Gasteiger partial charge in [0, 0.05) is 19.2 Å². The quantitative estimate of drug-likeness (QED) is 0.585. The Balaban J connectivity index is 1.59. The smallest absolute Gasteiger partial charge is 0.261 e. The average Bonchev–Trinajstić information content (AvgIpc) is 3.06. The van der Waals surface area contributed by atoms with E-state index in [1.54, 1.807) is 51.4 Å². The summed E-state index contributed by atoms with van der Waals surface area (Å²) in [4.78, 5) is 41.3. The van der Waals surface area contributed by atoms with E-state index in [-0.39, 0.29) is 42.1 Å². The van der Waals surface area contributed by atoms with Crippen molar-refractivity contribution < 1.29 is 24.2 Å². The van der Waals surface area contributed by atoms with Crippen LogP contribution < -0.4 is 4.74 Å². The highest BCUT2D eigenvalue weighted by Crippen LogP contribution is 2.29. The van der Waals surface area contributed by atoms with Gasteiger partial charge in [-0.2, -0.15) is 0 Å². The molecule has 1 N–H and O–H groups in total. The fraction of sp³-hybridized carbons (Fsp3) is 0.192. The van der Waals surface area contributed by atoms with Crippen molar-refractivity contribution in [1.82, 2.24) is 9.80 Å². The van der Waals surface area contributed by atoms with Crippen LogP contribution in [0.2, 0.25) is 0 Å². The SMILES string of the molecule is COc1ccccc1CN(C)C(=O)c1cc(CN2C(=O)c3ccccc3C2=O)cc(C)c1O. The molecule has 3 amide bonds. The second-order valence-electron chi connectivity index (χ2n) is 8.02. The zero-order valence-corrected chi connectivity index (χ0v) is 18.7. The highest BCUT2D eigenvalue weighted by molar-refractivity contribution is 6.21. The summed E-state index contributed by atoms with van der Waals surface area (Å²) in [5.74, 6) is -0.592. The zero-order valence-electron chi connectivity index (χ0n) is 18.7. The average molecular weight is 444 g/mol. The van der Waals surface area contributed by atoms with Gasteiger partial charge in [0.2, 0.25) is 0 Å². The third-order valence-electron chi connectivity index (χ3n) is 5.76. The van der Waals surface area contributed by atoms with Crippen LogP contribution in [-0.2, 0) is 13.1 Å². The van der Waals surface area contributed by atoms with E-state index in [1.807, 2.05) is 24.3 Å². The molecule has 33 heavy (non-hydrogen) atoms. The number of carbonyl (C=O) groups is 3. The van der Waals surface area contributed by atoms with Crippen molar-refractivity contribution in [3.63, 3.8) is 0 Å². The summed E-state index contributed by atoms with van der Waals surface area (Å²) in [6.45, 7) is 1.96. The van der Waals surface area contributed by atoms with Crippen LogP contribution >= 0.6 is 0 Å². The molecule has 0 fully saturated rings. The highest BCUT2D eigenvalue weighted by Gasteiger charge is 2.35. The van der Waals surface area contributed by atoms with Crippen LogP contribution in [0.1, 0.15) is 47.8 Å². The van der Waals surface area contributed by atoms with E-state index in [9.17, 15) is 19.5 Å². The van der Waals surface area contributed by atoms with Gasteiger partial charge in [-0.05, 0) is 42.3 Å². The predicted octanol–water partition coefficient (Wildman–Crippen LogP) is 3.78. The number of benzene rings is 3. The number of para-hydroxylation sites is 1. The van der Waals surface area contributed by atoms with Gasteiger partial charge in [0.05, 0.1) is 30.3 Å². The Labute approximate surface area is 191 Å². The molecule has 3 aromatic rings. The molecular formula is C26H24N2O5. The minimum atomic E-state index is -0.384. The molecule has 168 valence electrons. The van der Waals surface area contributed by atoms with E-state index in [2.05, 4.69) is 0 Å². The molecule has 0 unspecified atom stereocenters. The van der Waals surface area contributed by atoms with Gasteiger partial charge in [0.1, 0.15) is 11.5 Å². The van der Waals surface area contributed by atoms with Crippen LogP contribution in [0.3, 0.4) is 0 Å². The van der Waals surface area contributed by atoms with E-state index in [0.717, 1.165) is 10.5 Å². The number of imide groups is 1. The van der Waals surface area contributed by atoms with Crippen molar-refractivity contribution in [3.8, 4) is 11.5 Å². The first-order valence-electron chi connectivity index (χ1n) is 10.5. The lowest BCUT2D eigenvalue weighted by molar-refractivity contribution is 0.0642. The topological polar surface area (TPSA) is 87.2 Å². The number of phenolic OH excluding ortho intramolecular Hbond substituents is 1. The molecule has 0 radical (unpaired) electrons. The number of hydrogen-bond donors (Lipinski definition) is 1. The van der Waals surface area contributed by atoms with Crippen molar-refractivity contribution in [3.05, 3.63) is 94.0 Å². The zero-order chi connectivity index (χ0) is 23.7. The first-order chi connectivity index (χ1) is 15.8. The van der Waals surface area contributed by atoms with E-state index in [4.69, 9.17) is 4.74 Å². The second kappa shape index (κ2) is 8.78. The van der Waals surface area contributed by atoms with Gasteiger partial charge < -0.3 is 14.7 Å². The summed E-state index contributed by atoms with van der Waals surface area (Å²) in [5.41, 5.74) is 2.73. The normalized spacial score (nSPS) is 12.6. The largest absolute Gasteiger partial charge is 0.507 e. The Morgan fingerprint density at radius 2 is 1.61 bits per heavy atom. The first-order valence-corrected chi connectivity index (χ1v) is 10.5. The minimum absolute atomic E-state index is 0.00394. The summed E-state index contributed by atoms with van der Waals surface area (Å²) >= 11 is 0. The van der Waals surface area contributed by atoms with Crippen molar-refractivity contribution >= 4 is 17.7 Å². The number of ether oxygens (including phenoxy) is 1. The lowest BCUT2D eigenvalue weighted by Gasteiger charge is -2.21. The van der Waals surface area contributed by atoms with E-state index < -0.39 is 0 Å². The van der Waals surface area contributed by atoms with E-state index in [1.165, 1.54) is 11.0 Å². The first kappa shape index (κ1) is 22.1. The van der Waals surface area contributed by atoms with Gasteiger partial charge in [0.15, 0.2) is 0 Å². The van der Waals surface area contributed by atoms with Gasteiger partial charge in [0.25, 0.3) is 17.7 Å². The maximum Gasteiger partial charge on any atom is 0.261 e. The number of hydrogen-bond acceptors (Lipinski definition) is 5. The number of aryl methyl sites for hydroxylation is 1. The Kier molecular flexibility index (Phi) is 5.87. The molecule has 0 aliphatic carbocycles. The summed E-state index contributed by atoms with van der Waals surface area (Å²) in [6.07, 6.45) is 0. The van der Waals surface area contributed by atoms with Crippen LogP contribution in [0.4, 0.5) is 0 Å². The molecule has 0 atom stereocenters. The van der Waals surface area contributed by atoms with Crippen LogP contribution in [-0.4, -0.2) is 46.8 Å². The van der Waals surface area contributed by atoms with Crippen LogP contribution in [0.15, 0.2) is 60.7 Å². The molecule has 7 heteroatoms.